The smallest absolute Gasteiger partial charge is 0.316 e. The molecule has 5 nitrogen and oxygen atoms in total. The summed E-state index contributed by atoms with van der Waals surface area (Å²) in [6, 6.07) is 7.30. The molecule has 0 radical (unpaired) electrons. The molecule has 1 N–H and O–H groups in total. The zero-order valence-corrected chi connectivity index (χ0v) is 16.5. The molecular formula is C20H27NO4S. The number of amides is 1. The van der Waals surface area contributed by atoms with Gasteiger partial charge in [0.2, 0.25) is 0 Å². The molecule has 1 amide bonds. The molecule has 1 aromatic rings. The minimum absolute atomic E-state index is 0.0339. The van der Waals surface area contributed by atoms with E-state index < -0.39 is 11.2 Å². The topological polar surface area (TPSA) is 66.8 Å². The van der Waals surface area contributed by atoms with Crippen molar-refractivity contribution in [1.82, 2.24) is 4.90 Å². The van der Waals surface area contributed by atoms with E-state index in [-0.39, 0.29) is 17.1 Å². The Kier molecular flexibility index (Phi) is 5.35. The minimum atomic E-state index is -0.880. The number of rotatable bonds is 4. The molecule has 6 heteroatoms. The van der Waals surface area contributed by atoms with Gasteiger partial charge in [-0.1, -0.05) is 25.0 Å². The minimum Gasteiger partial charge on any atom is -0.480 e. The average molecular weight is 378 g/mol. The van der Waals surface area contributed by atoms with E-state index in [1.54, 1.807) is 13.0 Å². The van der Waals surface area contributed by atoms with Crippen molar-refractivity contribution in [3.05, 3.63) is 29.8 Å². The average Bonchev–Trinajstić information content (AvgIpc) is 3.00. The molecule has 1 saturated carbocycles. The number of carbonyl (C=O) groups is 2. The van der Waals surface area contributed by atoms with Crippen LogP contribution in [0.4, 0.5) is 0 Å². The third-order valence-corrected chi connectivity index (χ3v) is 6.28. The molecule has 1 saturated heterocycles. The molecule has 1 aliphatic carbocycles. The van der Waals surface area contributed by atoms with Gasteiger partial charge in [-0.05, 0) is 45.7 Å². The number of carbonyl (C=O) groups excluding carboxylic acids is 1. The van der Waals surface area contributed by atoms with E-state index >= 15 is 0 Å². The lowest BCUT2D eigenvalue weighted by molar-refractivity contribution is -0.184. The van der Waals surface area contributed by atoms with Crippen LogP contribution >= 0.6 is 11.8 Å². The SMILES string of the molecule is CC(Sc1ccccc1C(=O)N1CC(C)(C)OC2(CCCC2)C1)C(=O)O. The first-order valence-electron chi connectivity index (χ1n) is 9.19. The summed E-state index contributed by atoms with van der Waals surface area (Å²) in [4.78, 5) is 27.1. The van der Waals surface area contributed by atoms with Crippen LogP contribution in [0.15, 0.2) is 29.2 Å². The van der Waals surface area contributed by atoms with E-state index in [1.165, 1.54) is 11.8 Å². The summed E-state index contributed by atoms with van der Waals surface area (Å²) in [6.45, 7) is 6.88. The monoisotopic (exact) mass is 377 g/mol. The summed E-state index contributed by atoms with van der Waals surface area (Å²) in [7, 11) is 0. The number of carboxylic acid groups (broad SMARTS) is 1. The number of nitrogens with zero attached hydrogens (tertiary/aromatic N) is 1. The van der Waals surface area contributed by atoms with E-state index in [9.17, 15) is 14.7 Å². The number of morpholine rings is 1. The maximum absolute atomic E-state index is 13.3. The quantitative estimate of drug-likeness (QED) is 0.808. The van der Waals surface area contributed by atoms with Crippen LogP contribution in [0.5, 0.6) is 0 Å². The maximum Gasteiger partial charge on any atom is 0.316 e. The van der Waals surface area contributed by atoms with Crippen LogP contribution in [0.1, 0.15) is 56.8 Å². The van der Waals surface area contributed by atoms with E-state index in [4.69, 9.17) is 4.74 Å². The molecule has 1 spiro atoms. The first-order valence-corrected chi connectivity index (χ1v) is 10.1. The number of aliphatic carboxylic acids is 1. The van der Waals surface area contributed by atoms with Crippen LogP contribution in [0.25, 0.3) is 0 Å². The van der Waals surface area contributed by atoms with Crippen molar-refractivity contribution in [2.75, 3.05) is 13.1 Å². The van der Waals surface area contributed by atoms with E-state index in [0.29, 0.717) is 18.7 Å². The van der Waals surface area contributed by atoms with Crippen LogP contribution < -0.4 is 0 Å². The van der Waals surface area contributed by atoms with Crippen molar-refractivity contribution in [1.29, 1.82) is 0 Å². The Balaban J connectivity index is 1.85. The highest BCUT2D eigenvalue weighted by Gasteiger charge is 2.47. The number of benzene rings is 1. The second-order valence-electron chi connectivity index (χ2n) is 8.01. The molecule has 1 unspecified atom stereocenters. The van der Waals surface area contributed by atoms with Crippen molar-refractivity contribution in [2.45, 2.75) is 67.8 Å². The number of carboxylic acids is 1. The highest BCUT2D eigenvalue weighted by molar-refractivity contribution is 8.00. The predicted molar refractivity (Wildman–Crippen MR) is 102 cm³/mol. The summed E-state index contributed by atoms with van der Waals surface area (Å²) < 4.78 is 6.39. The number of thioether (sulfide) groups is 1. The maximum atomic E-state index is 13.3. The third-order valence-electron chi connectivity index (χ3n) is 5.11. The largest absolute Gasteiger partial charge is 0.480 e. The fourth-order valence-electron chi connectivity index (χ4n) is 4.09. The highest BCUT2D eigenvalue weighted by Crippen LogP contribution is 2.41. The van der Waals surface area contributed by atoms with Gasteiger partial charge in [-0.3, -0.25) is 9.59 Å². The Bertz CT molecular complexity index is 697. The standard InChI is InChI=1S/C20H27NO4S/c1-14(18(23)24)26-16-9-5-4-8-15(16)17(22)21-12-19(2,3)25-20(13-21)10-6-7-11-20/h4-5,8-9,14H,6-7,10-13H2,1-3H3,(H,23,24). The number of hydrogen-bond acceptors (Lipinski definition) is 4. The molecule has 3 rings (SSSR count). The molecule has 2 fully saturated rings. The molecule has 1 aromatic carbocycles. The van der Waals surface area contributed by atoms with E-state index in [0.717, 1.165) is 30.6 Å². The Morgan fingerprint density at radius 3 is 2.50 bits per heavy atom. The molecule has 2 aliphatic rings. The van der Waals surface area contributed by atoms with E-state index in [2.05, 4.69) is 0 Å². The van der Waals surface area contributed by atoms with Gasteiger partial charge in [0.05, 0.1) is 23.3 Å². The second-order valence-corrected chi connectivity index (χ2v) is 9.39. The van der Waals surface area contributed by atoms with Gasteiger partial charge in [0.15, 0.2) is 0 Å². The van der Waals surface area contributed by atoms with Crippen molar-refractivity contribution in [3.63, 3.8) is 0 Å². The van der Waals surface area contributed by atoms with Gasteiger partial charge in [0, 0.05) is 11.4 Å². The summed E-state index contributed by atoms with van der Waals surface area (Å²) >= 11 is 1.22. The molecule has 0 bridgehead atoms. The Morgan fingerprint density at radius 2 is 1.85 bits per heavy atom. The normalized spacial score (nSPS) is 22.3. The lowest BCUT2D eigenvalue weighted by Gasteiger charge is -2.48. The summed E-state index contributed by atoms with van der Waals surface area (Å²) in [5.41, 5.74) is -0.0285. The molecule has 26 heavy (non-hydrogen) atoms. The Labute approximate surface area is 159 Å². The Hall–Kier alpha value is -1.53. The van der Waals surface area contributed by atoms with Gasteiger partial charge in [-0.25, -0.2) is 0 Å². The number of ether oxygens (including phenoxy) is 1. The first kappa shape index (κ1) is 19.2. The van der Waals surface area contributed by atoms with Crippen molar-refractivity contribution >= 4 is 23.6 Å². The van der Waals surface area contributed by atoms with Crippen molar-refractivity contribution < 1.29 is 19.4 Å². The molecule has 142 valence electrons. The van der Waals surface area contributed by atoms with Crippen LogP contribution in [0, 0.1) is 0 Å². The van der Waals surface area contributed by atoms with Gasteiger partial charge in [0.1, 0.15) is 5.25 Å². The summed E-state index contributed by atoms with van der Waals surface area (Å²) in [5.74, 6) is -0.914. The van der Waals surface area contributed by atoms with Crippen LogP contribution in [-0.2, 0) is 9.53 Å². The molecule has 1 atom stereocenters. The van der Waals surface area contributed by atoms with Gasteiger partial charge < -0.3 is 14.7 Å². The molecule has 1 heterocycles. The van der Waals surface area contributed by atoms with Gasteiger partial charge in [-0.2, -0.15) is 0 Å². The van der Waals surface area contributed by atoms with Gasteiger partial charge in [0.25, 0.3) is 5.91 Å². The molecule has 1 aliphatic heterocycles. The van der Waals surface area contributed by atoms with Gasteiger partial charge in [-0.15, -0.1) is 11.8 Å². The zero-order valence-electron chi connectivity index (χ0n) is 15.7. The van der Waals surface area contributed by atoms with Crippen LogP contribution in [0.2, 0.25) is 0 Å². The third kappa shape index (κ3) is 4.07. The van der Waals surface area contributed by atoms with Gasteiger partial charge >= 0.3 is 5.97 Å². The molecular weight excluding hydrogens is 350 g/mol. The van der Waals surface area contributed by atoms with Crippen LogP contribution in [-0.4, -0.2) is 51.4 Å². The van der Waals surface area contributed by atoms with Crippen molar-refractivity contribution in [3.8, 4) is 0 Å². The highest BCUT2D eigenvalue weighted by atomic mass is 32.2. The molecule has 0 aromatic heterocycles. The van der Waals surface area contributed by atoms with E-state index in [1.807, 2.05) is 36.9 Å². The zero-order chi connectivity index (χ0) is 18.9. The fraction of sp³-hybridized carbons (Fsp3) is 0.600. The Morgan fingerprint density at radius 1 is 1.19 bits per heavy atom. The summed E-state index contributed by atoms with van der Waals surface area (Å²) in [6.07, 6.45) is 4.26. The second kappa shape index (κ2) is 7.24. The summed E-state index contributed by atoms with van der Waals surface area (Å²) in [5, 5.41) is 8.59. The van der Waals surface area contributed by atoms with Crippen molar-refractivity contribution in [2.24, 2.45) is 0 Å². The number of hydrogen-bond donors (Lipinski definition) is 1. The lowest BCUT2D eigenvalue weighted by atomic mass is 9.93. The fourth-order valence-corrected chi connectivity index (χ4v) is 5.02. The lowest BCUT2D eigenvalue weighted by Crippen LogP contribution is -2.60. The predicted octanol–water partition coefficient (Wildman–Crippen LogP) is 3.82. The van der Waals surface area contributed by atoms with Crippen LogP contribution in [0.3, 0.4) is 0 Å². The first-order chi connectivity index (χ1) is 12.2.